The Kier molecular flexibility index (Phi) is 2.41. The van der Waals surface area contributed by atoms with Crippen LogP contribution in [0.15, 0.2) is 59.6 Å². The normalized spacial score (nSPS) is 17.9. The average Bonchev–Trinajstić information content (AvgIpc) is 2.40. The van der Waals surface area contributed by atoms with Crippen LogP contribution in [0.4, 0.5) is 11.4 Å². The van der Waals surface area contributed by atoms with Crippen LogP contribution < -0.4 is 4.90 Å². The topological polar surface area (TPSA) is 15.6 Å². The fraction of sp³-hybridized carbons (Fsp3) is 0.133. The maximum Gasteiger partial charge on any atom is 0.0895 e. The van der Waals surface area contributed by atoms with E-state index in [0.717, 1.165) is 5.69 Å². The van der Waals surface area contributed by atoms with E-state index in [1.807, 2.05) is 24.4 Å². The Hall–Kier alpha value is -2.09. The summed E-state index contributed by atoms with van der Waals surface area (Å²) < 4.78 is 0. The Morgan fingerprint density at radius 2 is 1.65 bits per heavy atom. The van der Waals surface area contributed by atoms with Gasteiger partial charge in [0, 0.05) is 13.3 Å². The highest BCUT2D eigenvalue weighted by Gasteiger charge is 2.20. The molecule has 2 aromatic rings. The first-order chi connectivity index (χ1) is 8.36. The van der Waals surface area contributed by atoms with E-state index in [1.165, 1.54) is 11.3 Å². The number of para-hydroxylation sites is 2. The summed E-state index contributed by atoms with van der Waals surface area (Å²) in [5, 5.41) is 0. The first-order valence-electron chi connectivity index (χ1n) is 5.77. The van der Waals surface area contributed by atoms with Crippen LogP contribution in [0.2, 0.25) is 0 Å². The fourth-order valence-corrected chi connectivity index (χ4v) is 2.23. The molecule has 84 valence electrons. The molecule has 17 heavy (non-hydrogen) atoms. The summed E-state index contributed by atoms with van der Waals surface area (Å²) in [5.74, 6) is 0. The number of aliphatic imine (C=N–C) groups is 1. The second kappa shape index (κ2) is 4.06. The lowest BCUT2D eigenvalue weighted by atomic mass is 10.0. The molecule has 0 saturated heterocycles. The van der Waals surface area contributed by atoms with Gasteiger partial charge in [-0.1, -0.05) is 42.5 Å². The molecular formula is C15H14N2. The van der Waals surface area contributed by atoms with Crippen LogP contribution in [0.5, 0.6) is 0 Å². The van der Waals surface area contributed by atoms with E-state index in [0.29, 0.717) is 0 Å². The van der Waals surface area contributed by atoms with Crippen molar-refractivity contribution in [3.63, 3.8) is 0 Å². The molecule has 0 radical (unpaired) electrons. The van der Waals surface area contributed by atoms with E-state index >= 15 is 0 Å². The predicted octanol–water partition coefficient (Wildman–Crippen LogP) is 3.58. The summed E-state index contributed by atoms with van der Waals surface area (Å²) in [7, 11) is 2.11. The van der Waals surface area contributed by atoms with Crippen LogP contribution in [0.25, 0.3) is 0 Å². The van der Waals surface area contributed by atoms with Crippen LogP contribution in [0.3, 0.4) is 0 Å². The molecule has 0 N–H and O–H groups in total. The minimum atomic E-state index is 0.228. The molecule has 0 aromatic heterocycles. The summed E-state index contributed by atoms with van der Waals surface area (Å²) >= 11 is 0. The lowest BCUT2D eigenvalue weighted by molar-refractivity contribution is 0.851. The Morgan fingerprint density at radius 3 is 2.47 bits per heavy atom. The van der Waals surface area contributed by atoms with Crippen molar-refractivity contribution in [2.75, 3.05) is 11.9 Å². The molecule has 0 fully saturated rings. The second-order valence-corrected chi connectivity index (χ2v) is 4.23. The van der Waals surface area contributed by atoms with Gasteiger partial charge in [0.2, 0.25) is 0 Å². The first-order valence-corrected chi connectivity index (χ1v) is 5.77. The molecule has 0 spiro atoms. The molecule has 0 bridgehead atoms. The smallest absolute Gasteiger partial charge is 0.0895 e. The molecule has 0 amide bonds. The quantitative estimate of drug-likeness (QED) is 0.720. The van der Waals surface area contributed by atoms with Gasteiger partial charge in [-0.25, -0.2) is 0 Å². The predicted molar refractivity (Wildman–Crippen MR) is 72.2 cm³/mol. The zero-order chi connectivity index (χ0) is 11.7. The molecule has 1 aliphatic heterocycles. The van der Waals surface area contributed by atoms with Crippen LogP contribution in [0, 0.1) is 0 Å². The summed E-state index contributed by atoms with van der Waals surface area (Å²) in [4.78, 5) is 6.80. The lowest BCUT2D eigenvalue weighted by Crippen LogP contribution is -2.27. The van der Waals surface area contributed by atoms with Gasteiger partial charge in [0.15, 0.2) is 0 Å². The Balaban J connectivity index is 2.03. The largest absolute Gasteiger partial charge is 0.361 e. The number of anilines is 1. The maximum absolute atomic E-state index is 4.53. The van der Waals surface area contributed by atoms with Gasteiger partial charge in [-0.15, -0.1) is 0 Å². The highest BCUT2D eigenvalue weighted by atomic mass is 15.2. The third kappa shape index (κ3) is 1.72. The molecule has 1 aliphatic rings. The molecule has 1 unspecified atom stereocenters. The maximum atomic E-state index is 4.53. The molecule has 3 rings (SSSR count). The van der Waals surface area contributed by atoms with Gasteiger partial charge in [0.1, 0.15) is 0 Å². The van der Waals surface area contributed by atoms with Crippen molar-refractivity contribution in [3.05, 3.63) is 60.2 Å². The fourth-order valence-electron chi connectivity index (χ4n) is 2.23. The zero-order valence-corrected chi connectivity index (χ0v) is 9.75. The number of fused-ring (bicyclic) bond motifs is 1. The van der Waals surface area contributed by atoms with Crippen molar-refractivity contribution in [1.29, 1.82) is 0 Å². The highest BCUT2D eigenvalue weighted by Crippen LogP contribution is 2.36. The molecule has 2 nitrogen and oxygen atoms in total. The Labute approximate surface area is 101 Å². The van der Waals surface area contributed by atoms with Gasteiger partial charge in [0.25, 0.3) is 0 Å². The standard InChI is InChI=1S/C15H14N2/c1-17-14-10-6-5-9-13(14)16-11-15(17)12-7-3-2-4-8-12/h2-11,15H,1H3. The van der Waals surface area contributed by atoms with Gasteiger partial charge in [-0.05, 0) is 17.7 Å². The van der Waals surface area contributed by atoms with Crippen molar-refractivity contribution in [2.24, 2.45) is 4.99 Å². The van der Waals surface area contributed by atoms with Crippen molar-refractivity contribution in [3.8, 4) is 0 Å². The molecule has 0 aliphatic carbocycles. The number of nitrogens with zero attached hydrogens (tertiary/aromatic N) is 2. The minimum absolute atomic E-state index is 0.228. The van der Waals surface area contributed by atoms with Crippen molar-refractivity contribution >= 4 is 17.6 Å². The van der Waals surface area contributed by atoms with Gasteiger partial charge in [0.05, 0.1) is 17.4 Å². The summed E-state index contributed by atoms with van der Waals surface area (Å²) in [6, 6.07) is 18.9. The monoisotopic (exact) mass is 222 g/mol. The number of benzene rings is 2. The Morgan fingerprint density at radius 1 is 0.941 bits per heavy atom. The van der Waals surface area contributed by atoms with E-state index in [1.54, 1.807) is 0 Å². The van der Waals surface area contributed by atoms with Crippen LogP contribution >= 0.6 is 0 Å². The molecule has 2 heteroatoms. The highest BCUT2D eigenvalue weighted by molar-refractivity contribution is 5.84. The third-order valence-electron chi connectivity index (χ3n) is 3.17. The summed E-state index contributed by atoms with van der Waals surface area (Å²) in [6.07, 6.45) is 2.01. The van der Waals surface area contributed by atoms with Crippen LogP contribution in [-0.2, 0) is 0 Å². The second-order valence-electron chi connectivity index (χ2n) is 4.23. The van der Waals surface area contributed by atoms with E-state index < -0.39 is 0 Å². The van der Waals surface area contributed by atoms with Gasteiger partial charge >= 0.3 is 0 Å². The van der Waals surface area contributed by atoms with E-state index in [-0.39, 0.29) is 6.04 Å². The molecule has 2 aromatic carbocycles. The Bertz CT molecular complexity index is 546. The molecule has 0 saturated carbocycles. The summed E-state index contributed by atoms with van der Waals surface area (Å²) in [6.45, 7) is 0. The van der Waals surface area contributed by atoms with Gasteiger partial charge in [-0.3, -0.25) is 4.99 Å². The molecular weight excluding hydrogens is 208 g/mol. The van der Waals surface area contributed by atoms with Gasteiger partial charge in [-0.2, -0.15) is 0 Å². The van der Waals surface area contributed by atoms with Crippen molar-refractivity contribution in [1.82, 2.24) is 0 Å². The average molecular weight is 222 g/mol. The van der Waals surface area contributed by atoms with Crippen molar-refractivity contribution < 1.29 is 0 Å². The lowest BCUT2D eigenvalue weighted by Gasteiger charge is -2.31. The summed E-state index contributed by atoms with van der Waals surface area (Å²) in [5.41, 5.74) is 3.50. The third-order valence-corrected chi connectivity index (χ3v) is 3.17. The van der Waals surface area contributed by atoms with E-state index in [4.69, 9.17) is 0 Å². The zero-order valence-electron chi connectivity index (χ0n) is 9.75. The SMILES string of the molecule is CN1c2ccccc2N=CC1c1ccccc1. The minimum Gasteiger partial charge on any atom is -0.361 e. The van der Waals surface area contributed by atoms with E-state index in [9.17, 15) is 0 Å². The number of hydrogen-bond acceptors (Lipinski definition) is 2. The van der Waals surface area contributed by atoms with E-state index in [2.05, 4.69) is 53.3 Å². The number of rotatable bonds is 1. The molecule has 1 atom stereocenters. The number of hydrogen-bond donors (Lipinski definition) is 0. The van der Waals surface area contributed by atoms with Crippen LogP contribution in [0.1, 0.15) is 11.6 Å². The van der Waals surface area contributed by atoms with Crippen LogP contribution in [-0.4, -0.2) is 13.3 Å². The first kappa shape index (κ1) is 10.1. The van der Waals surface area contributed by atoms with Crippen molar-refractivity contribution in [2.45, 2.75) is 6.04 Å². The van der Waals surface area contributed by atoms with Gasteiger partial charge < -0.3 is 4.90 Å². The molecule has 1 heterocycles.